The lowest BCUT2D eigenvalue weighted by Gasteiger charge is -2.30. The summed E-state index contributed by atoms with van der Waals surface area (Å²) in [6.07, 6.45) is 2.53. The van der Waals surface area contributed by atoms with Gasteiger partial charge in [-0.05, 0) is 44.2 Å². The molecular formula is C39H64N7O18P3S. The molecule has 1 aliphatic heterocycles. The third-order valence-corrected chi connectivity index (χ3v) is 15.0. The Labute approximate surface area is 397 Å². The van der Waals surface area contributed by atoms with Gasteiger partial charge in [-0.3, -0.25) is 32.5 Å². The first-order valence-corrected chi connectivity index (χ1v) is 27.5. The van der Waals surface area contributed by atoms with Gasteiger partial charge >= 0.3 is 23.5 Å². The van der Waals surface area contributed by atoms with E-state index < -0.39 is 84.6 Å². The number of amides is 2. The van der Waals surface area contributed by atoms with E-state index in [1.807, 2.05) is 0 Å². The number of ether oxygens (including phenoxy) is 1. The second-order valence-corrected chi connectivity index (χ2v) is 22.2. The Bertz CT molecular complexity index is 2310. The summed E-state index contributed by atoms with van der Waals surface area (Å²) in [5.74, 6) is 1.08. The minimum atomic E-state index is -5.58. The van der Waals surface area contributed by atoms with Crippen LogP contribution in [0.5, 0.6) is 0 Å². The van der Waals surface area contributed by atoms with Crippen molar-refractivity contribution in [1.82, 2.24) is 30.2 Å². The van der Waals surface area contributed by atoms with Crippen LogP contribution in [0.15, 0.2) is 17.1 Å². The predicted octanol–water partition coefficient (Wildman–Crippen LogP) is 3.80. The molecule has 7 atom stereocenters. The van der Waals surface area contributed by atoms with E-state index in [-0.39, 0.29) is 41.6 Å². The summed E-state index contributed by atoms with van der Waals surface area (Å²) in [7, 11) is -16.4. The van der Waals surface area contributed by atoms with Crippen LogP contribution >= 0.6 is 35.2 Å². The molecule has 3 aromatic heterocycles. The molecule has 0 saturated carbocycles. The van der Waals surface area contributed by atoms with Crippen molar-refractivity contribution >= 4 is 69.1 Å². The fraction of sp³-hybridized carbons (Fsp3) is 0.692. The van der Waals surface area contributed by atoms with Crippen molar-refractivity contribution in [3.05, 3.63) is 35.3 Å². The van der Waals surface area contributed by atoms with Gasteiger partial charge in [0.1, 0.15) is 47.8 Å². The number of thioether (sulfide) groups is 1. The van der Waals surface area contributed by atoms with Crippen molar-refractivity contribution in [1.29, 1.82) is 0 Å². The third-order valence-electron chi connectivity index (χ3n) is 11.0. The fourth-order valence-corrected chi connectivity index (χ4v) is 10.6. The number of anilines is 1. The molecule has 0 aromatic carbocycles. The van der Waals surface area contributed by atoms with E-state index >= 15 is 0 Å². The molecule has 3 aromatic rings. The smallest absolute Gasteiger partial charge is 0.466 e. The predicted molar refractivity (Wildman–Crippen MR) is 245 cm³/mol. The third kappa shape index (κ3) is 17.6. The second-order valence-electron chi connectivity index (χ2n) is 16.9. The SMILES string of the molecule is CCCCCc1oc(CCCCCCC(=O)SCCNC(=O)CCNC(=O)C(O)C(C)(C)COP(=O)(O)OP(=O)(O)OCC2OC(n3cnc4c(N)ncnc43)C(O)C2OP(=O)(O)O)c(C)c1C. The second kappa shape index (κ2) is 25.8. The molecular weight excluding hydrogens is 979 g/mol. The number of fused-ring (bicyclic) bond motifs is 1. The van der Waals surface area contributed by atoms with Gasteiger partial charge in [0, 0.05) is 49.9 Å². The van der Waals surface area contributed by atoms with E-state index in [2.05, 4.69) is 55.2 Å². The molecule has 10 N–H and O–H groups in total. The first-order chi connectivity index (χ1) is 31.8. The lowest BCUT2D eigenvalue weighted by Crippen LogP contribution is -2.46. The Morgan fingerprint density at radius 1 is 0.912 bits per heavy atom. The molecule has 7 unspecified atom stereocenters. The maximum absolute atomic E-state index is 12.8. The van der Waals surface area contributed by atoms with Gasteiger partial charge in [-0.2, -0.15) is 4.31 Å². The number of rotatable bonds is 30. The first-order valence-electron chi connectivity index (χ1n) is 22.0. The highest BCUT2D eigenvalue weighted by Gasteiger charge is 2.50. The normalized spacial score (nSPS) is 20.0. The Balaban J connectivity index is 1.11. The minimum absolute atomic E-state index is 0.0308. The number of hydrogen-bond donors (Lipinski definition) is 9. The summed E-state index contributed by atoms with van der Waals surface area (Å²) in [5, 5.41) is 26.6. The van der Waals surface area contributed by atoms with Crippen LogP contribution < -0.4 is 16.4 Å². The topological polar surface area (TPSA) is 377 Å². The van der Waals surface area contributed by atoms with Gasteiger partial charge in [-0.25, -0.2) is 28.6 Å². The Hall–Kier alpha value is -3.16. The van der Waals surface area contributed by atoms with Gasteiger partial charge in [-0.1, -0.05) is 58.2 Å². The van der Waals surface area contributed by atoms with Gasteiger partial charge in [0.25, 0.3) is 0 Å². The van der Waals surface area contributed by atoms with E-state index in [0.29, 0.717) is 12.2 Å². The number of phosphoric acid groups is 3. The van der Waals surface area contributed by atoms with Gasteiger partial charge in [0.05, 0.1) is 19.5 Å². The van der Waals surface area contributed by atoms with Crippen LogP contribution in [0.25, 0.3) is 11.2 Å². The average molecular weight is 1040 g/mol. The summed E-state index contributed by atoms with van der Waals surface area (Å²) < 4.78 is 68.6. The number of phosphoric ester groups is 3. The highest BCUT2D eigenvalue weighted by atomic mass is 32.2. The number of aliphatic hydroxyl groups excluding tert-OH is 2. The molecule has 4 heterocycles. The standard InChI is InChI=1S/C39H64N7O18P3S/c1-6-7-10-13-26-24(2)25(3)27(61-26)14-11-8-9-12-15-30(48)68-19-18-41-29(47)16-17-42-37(51)34(50)39(4,5)21-60-67(57,58)64-66(55,56)59-20-28-33(63-65(52,53)54)32(49)38(62-28)46-23-45-31-35(40)43-22-44-36(31)46/h22-23,28,32-34,38,49-50H,6-21H2,1-5H3,(H,41,47)(H,42,51)(H,55,56)(H,57,58)(H2,40,43,44)(H2,52,53,54). The number of nitrogens with zero attached hydrogens (tertiary/aromatic N) is 4. The van der Waals surface area contributed by atoms with E-state index in [0.717, 1.165) is 85.4 Å². The molecule has 0 radical (unpaired) electrons. The highest BCUT2D eigenvalue weighted by Crippen LogP contribution is 2.61. The number of carbonyl (C=O) groups is 3. The molecule has 1 fully saturated rings. The Morgan fingerprint density at radius 2 is 1.56 bits per heavy atom. The summed E-state index contributed by atoms with van der Waals surface area (Å²) in [5.41, 5.74) is 6.77. The fourth-order valence-electron chi connectivity index (χ4n) is 7.01. The number of aliphatic hydroxyl groups is 2. The minimum Gasteiger partial charge on any atom is -0.466 e. The van der Waals surface area contributed by atoms with Crippen LogP contribution in [0.2, 0.25) is 0 Å². The number of carbonyl (C=O) groups excluding carboxylic acids is 3. The maximum atomic E-state index is 12.8. The molecule has 2 amide bonds. The zero-order chi connectivity index (χ0) is 50.5. The zero-order valence-electron chi connectivity index (χ0n) is 38.6. The van der Waals surface area contributed by atoms with Crippen molar-refractivity contribution < 1.29 is 84.9 Å². The van der Waals surface area contributed by atoms with Crippen molar-refractivity contribution in [2.45, 2.75) is 136 Å². The van der Waals surface area contributed by atoms with Gasteiger partial charge in [-0.15, -0.1) is 0 Å². The quantitative estimate of drug-likeness (QED) is 0.0338. The summed E-state index contributed by atoms with van der Waals surface area (Å²) in [6.45, 7) is 6.94. The molecule has 0 spiro atoms. The van der Waals surface area contributed by atoms with Gasteiger partial charge in [0.15, 0.2) is 22.8 Å². The highest BCUT2D eigenvalue weighted by molar-refractivity contribution is 8.13. The molecule has 0 bridgehead atoms. The summed E-state index contributed by atoms with van der Waals surface area (Å²) in [4.78, 5) is 88.6. The Kier molecular flexibility index (Phi) is 21.8. The van der Waals surface area contributed by atoms with Crippen molar-refractivity contribution in [3.8, 4) is 0 Å². The number of nitrogens with two attached hydrogens (primary N) is 1. The summed E-state index contributed by atoms with van der Waals surface area (Å²) >= 11 is 1.13. The van der Waals surface area contributed by atoms with E-state index in [1.54, 1.807) is 0 Å². The number of nitrogen functional groups attached to an aromatic ring is 1. The molecule has 4 rings (SSSR count). The first kappa shape index (κ1) is 57.4. The van der Waals surface area contributed by atoms with Crippen LogP contribution in [0.3, 0.4) is 0 Å². The van der Waals surface area contributed by atoms with Gasteiger partial charge in [0.2, 0.25) is 11.8 Å². The van der Waals surface area contributed by atoms with Crippen molar-refractivity contribution in [2.24, 2.45) is 5.41 Å². The van der Waals surface area contributed by atoms with Crippen LogP contribution in [0.1, 0.15) is 107 Å². The van der Waals surface area contributed by atoms with Crippen LogP contribution in [0, 0.1) is 19.3 Å². The molecule has 1 saturated heterocycles. The molecule has 68 heavy (non-hydrogen) atoms. The molecule has 0 aliphatic carbocycles. The van der Waals surface area contributed by atoms with Gasteiger partial charge < -0.3 is 55.3 Å². The zero-order valence-corrected chi connectivity index (χ0v) is 42.1. The molecule has 29 heteroatoms. The van der Waals surface area contributed by atoms with Crippen LogP contribution in [0.4, 0.5) is 5.82 Å². The number of hydrogen-bond acceptors (Lipinski definition) is 19. The van der Waals surface area contributed by atoms with E-state index in [9.17, 15) is 57.9 Å². The van der Waals surface area contributed by atoms with Crippen molar-refractivity contribution in [3.63, 3.8) is 0 Å². The maximum Gasteiger partial charge on any atom is 0.481 e. The molecule has 25 nitrogen and oxygen atoms in total. The number of furan rings is 1. The average Bonchev–Trinajstić information content (AvgIpc) is 3.91. The molecule has 384 valence electrons. The largest absolute Gasteiger partial charge is 0.481 e. The van der Waals surface area contributed by atoms with E-state index in [4.69, 9.17) is 23.9 Å². The van der Waals surface area contributed by atoms with Crippen LogP contribution in [-0.2, 0) is 63.5 Å². The Morgan fingerprint density at radius 3 is 2.22 bits per heavy atom. The lowest BCUT2D eigenvalue weighted by molar-refractivity contribution is -0.137. The molecule has 1 aliphatic rings. The monoisotopic (exact) mass is 1040 g/mol. The number of unbranched alkanes of at least 4 members (excludes halogenated alkanes) is 5. The number of aryl methyl sites for hydroxylation is 2. The summed E-state index contributed by atoms with van der Waals surface area (Å²) in [6, 6.07) is 0. The lowest BCUT2D eigenvalue weighted by atomic mass is 9.87. The van der Waals surface area contributed by atoms with E-state index in [1.165, 1.54) is 37.8 Å². The van der Waals surface area contributed by atoms with Crippen molar-refractivity contribution in [2.75, 3.05) is 37.8 Å². The number of imidazole rings is 1. The number of nitrogens with one attached hydrogen (secondary N) is 2. The van der Waals surface area contributed by atoms with Crippen LogP contribution in [-0.4, -0.2) is 123 Å². The number of aromatic nitrogens is 4.